The molecule has 2 rings (SSSR count). The molecule has 0 heterocycles. The van der Waals surface area contributed by atoms with Crippen molar-refractivity contribution < 1.29 is 8.42 Å². The third-order valence-corrected chi connectivity index (χ3v) is 5.76. The molecule has 2 aromatic rings. The predicted molar refractivity (Wildman–Crippen MR) is 90.0 cm³/mol. The van der Waals surface area contributed by atoms with Crippen molar-refractivity contribution in [2.24, 2.45) is 0 Å². The summed E-state index contributed by atoms with van der Waals surface area (Å²) in [5, 5.41) is 0. The molecule has 112 valence electrons. The van der Waals surface area contributed by atoms with Gasteiger partial charge >= 0.3 is 0 Å². The van der Waals surface area contributed by atoms with Crippen LogP contribution in [0.25, 0.3) is 0 Å². The molecule has 6 heteroatoms. The van der Waals surface area contributed by atoms with Gasteiger partial charge in [-0.25, -0.2) is 8.42 Å². The Hall–Kier alpha value is -1.53. The van der Waals surface area contributed by atoms with Crippen molar-refractivity contribution in [1.82, 2.24) is 0 Å². The molecule has 0 aliphatic heterocycles. The summed E-state index contributed by atoms with van der Waals surface area (Å²) in [6.07, 6.45) is 0. The second-order valence-corrected chi connectivity index (χ2v) is 7.49. The molecule has 0 spiro atoms. The zero-order valence-corrected chi connectivity index (χ0v) is 14.5. The van der Waals surface area contributed by atoms with Crippen LogP contribution in [0.15, 0.2) is 39.7 Å². The highest BCUT2D eigenvalue weighted by atomic mass is 79.9. The lowest BCUT2D eigenvalue weighted by atomic mass is 10.1. The Kier molecular flexibility index (Phi) is 4.30. The van der Waals surface area contributed by atoms with E-state index in [-0.39, 0.29) is 10.6 Å². The molecular formula is C15H17BrN2O2S. The Balaban J connectivity index is 2.48. The van der Waals surface area contributed by atoms with E-state index < -0.39 is 10.0 Å². The molecule has 21 heavy (non-hydrogen) atoms. The first kappa shape index (κ1) is 15.9. The Bertz CT molecular complexity index is 802. The van der Waals surface area contributed by atoms with Crippen LogP contribution in [0.3, 0.4) is 0 Å². The van der Waals surface area contributed by atoms with Crippen LogP contribution < -0.4 is 10.5 Å². The number of benzene rings is 2. The number of hydrogen-bond acceptors (Lipinski definition) is 3. The van der Waals surface area contributed by atoms with Crippen LogP contribution in [-0.4, -0.2) is 8.42 Å². The molecule has 0 aliphatic carbocycles. The van der Waals surface area contributed by atoms with E-state index in [9.17, 15) is 8.42 Å². The van der Waals surface area contributed by atoms with Crippen molar-refractivity contribution in [2.45, 2.75) is 25.7 Å². The van der Waals surface area contributed by atoms with Gasteiger partial charge in [0.05, 0.1) is 5.69 Å². The molecular weight excluding hydrogens is 352 g/mol. The Morgan fingerprint density at radius 2 is 1.62 bits per heavy atom. The maximum absolute atomic E-state index is 12.6. The Morgan fingerprint density at radius 3 is 2.24 bits per heavy atom. The maximum Gasteiger partial charge on any atom is 0.264 e. The highest BCUT2D eigenvalue weighted by Gasteiger charge is 2.21. The molecule has 0 unspecified atom stereocenters. The topological polar surface area (TPSA) is 72.2 Å². The third-order valence-electron chi connectivity index (χ3n) is 3.29. The van der Waals surface area contributed by atoms with Crippen molar-refractivity contribution in [3.63, 3.8) is 0 Å². The van der Waals surface area contributed by atoms with Crippen LogP contribution in [0, 0.1) is 20.8 Å². The van der Waals surface area contributed by atoms with E-state index >= 15 is 0 Å². The van der Waals surface area contributed by atoms with Crippen LogP contribution in [0.5, 0.6) is 0 Å². The minimum atomic E-state index is -3.72. The van der Waals surface area contributed by atoms with Crippen molar-refractivity contribution in [2.75, 3.05) is 10.5 Å². The highest BCUT2D eigenvalue weighted by molar-refractivity contribution is 9.10. The van der Waals surface area contributed by atoms with Crippen molar-refractivity contribution in [3.05, 3.63) is 51.5 Å². The first-order valence-electron chi connectivity index (χ1n) is 6.37. The zero-order chi connectivity index (χ0) is 15.8. The van der Waals surface area contributed by atoms with Gasteiger partial charge in [-0.3, -0.25) is 4.72 Å². The summed E-state index contributed by atoms with van der Waals surface area (Å²) in [6.45, 7) is 5.42. The molecule has 0 aromatic heterocycles. The van der Waals surface area contributed by atoms with E-state index in [0.29, 0.717) is 11.3 Å². The largest absolute Gasteiger partial charge is 0.397 e. The summed E-state index contributed by atoms with van der Waals surface area (Å²) in [4.78, 5) is 0.142. The zero-order valence-electron chi connectivity index (χ0n) is 12.1. The van der Waals surface area contributed by atoms with E-state index in [1.54, 1.807) is 38.1 Å². The minimum absolute atomic E-state index is 0.142. The van der Waals surface area contributed by atoms with Gasteiger partial charge in [-0.15, -0.1) is 0 Å². The van der Waals surface area contributed by atoms with Crippen molar-refractivity contribution in [1.29, 1.82) is 0 Å². The fourth-order valence-electron chi connectivity index (χ4n) is 2.08. The number of nitrogens with one attached hydrogen (secondary N) is 1. The number of sulfonamides is 1. The number of nitrogens with two attached hydrogens (primary N) is 1. The smallest absolute Gasteiger partial charge is 0.264 e. The monoisotopic (exact) mass is 368 g/mol. The van der Waals surface area contributed by atoms with Gasteiger partial charge in [0.25, 0.3) is 10.0 Å². The fraction of sp³-hybridized carbons (Fsp3) is 0.200. The SMILES string of the molecule is Cc1cc(NS(=O)(=O)c2c(C)ccc(C)c2N)ccc1Br. The number of aryl methyl sites for hydroxylation is 3. The van der Waals surface area contributed by atoms with Crippen molar-refractivity contribution >= 4 is 37.3 Å². The molecule has 0 saturated heterocycles. The van der Waals surface area contributed by atoms with Gasteiger partial charge in [0.2, 0.25) is 0 Å². The average molecular weight is 369 g/mol. The van der Waals surface area contributed by atoms with E-state index in [2.05, 4.69) is 20.7 Å². The van der Waals surface area contributed by atoms with Crippen LogP contribution in [0.2, 0.25) is 0 Å². The second-order valence-electron chi connectivity index (χ2n) is 5.01. The van der Waals surface area contributed by atoms with E-state index in [4.69, 9.17) is 5.73 Å². The first-order valence-corrected chi connectivity index (χ1v) is 8.64. The number of anilines is 2. The van der Waals surface area contributed by atoms with Crippen LogP contribution >= 0.6 is 15.9 Å². The summed E-state index contributed by atoms with van der Waals surface area (Å²) >= 11 is 3.39. The number of nitrogen functional groups attached to an aromatic ring is 1. The number of rotatable bonds is 3. The Labute approximate surface area is 133 Å². The number of halogens is 1. The second kappa shape index (κ2) is 5.69. The Morgan fingerprint density at radius 1 is 1.00 bits per heavy atom. The molecule has 0 aliphatic rings. The van der Waals surface area contributed by atoms with Gasteiger partial charge in [-0.05, 0) is 55.7 Å². The van der Waals surface area contributed by atoms with Gasteiger partial charge in [-0.2, -0.15) is 0 Å². The van der Waals surface area contributed by atoms with E-state index in [1.807, 2.05) is 13.0 Å². The quantitative estimate of drug-likeness (QED) is 0.810. The minimum Gasteiger partial charge on any atom is -0.397 e. The van der Waals surface area contributed by atoms with Gasteiger partial charge < -0.3 is 5.73 Å². The lowest BCUT2D eigenvalue weighted by Crippen LogP contribution is -2.17. The predicted octanol–water partition coefficient (Wildman–Crippen LogP) is 3.76. The first-order chi connectivity index (χ1) is 9.72. The maximum atomic E-state index is 12.6. The number of hydrogen-bond donors (Lipinski definition) is 2. The van der Waals surface area contributed by atoms with Crippen LogP contribution in [0.4, 0.5) is 11.4 Å². The summed E-state index contributed by atoms with van der Waals surface area (Å²) in [5.41, 5.74) is 9.07. The molecule has 3 N–H and O–H groups in total. The molecule has 2 aromatic carbocycles. The molecule has 0 atom stereocenters. The average Bonchev–Trinajstić information content (AvgIpc) is 2.38. The van der Waals surface area contributed by atoms with Crippen LogP contribution in [0.1, 0.15) is 16.7 Å². The molecule has 0 fully saturated rings. The standard InChI is InChI=1S/C15H17BrN2O2S/c1-9-4-5-10(2)15(14(9)17)21(19,20)18-12-6-7-13(16)11(3)8-12/h4-8,18H,17H2,1-3H3. The summed E-state index contributed by atoms with van der Waals surface area (Å²) in [6, 6.07) is 8.85. The molecule has 0 amide bonds. The molecule has 4 nitrogen and oxygen atoms in total. The van der Waals surface area contributed by atoms with Crippen molar-refractivity contribution in [3.8, 4) is 0 Å². The van der Waals surface area contributed by atoms with E-state index in [0.717, 1.165) is 15.6 Å². The van der Waals surface area contributed by atoms with Gasteiger partial charge in [-0.1, -0.05) is 28.1 Å². The normalized spacial score (nSPS) is 11.4. The highest BCUT2D eigenvalue weighted by Crippen LogP contribution is 2.28. The summed E-state index contributed by atoms with van der Waals surface area (Å²) < 4.78 is 28.7. The molecule has 0 radical (unpaired) electrons. The molecule has 0 saturated carbocycles. The lowest BCUT2D eigenvalue weighted by molar-refractivity contribution is 0.601. The van der Waals surface area contributed by atoms with Gasteiger partial charge in [0.1, 0.15) is 4.90 Å². The summed E-state index contributed by atoms with van der Waals surface area (Å²) in [7, 11) is -3.72. The third kappa shape index (κ3) is 3.22. The molecule has 0 bridgehead atoms. The summed E-state index contributed by atoms with van der Waals surface area (Å²) in [5.74, 6) is 0. The van der Waals surface area contributed by atoms with Gasteiger partial charge in [0.15, 0.2) is 0 Å². The fourth-order valence-corrected chi connectivity index (χ4v) is 3.81. The van der Waals surface area contributed by atoms with Crippen LogP contribution in [-0.2, 0) is 10.0 Å². The van der Waals surface area contributed by atoms with Gasteiger partial charge in [0, 0.05) is 10.2 Å². The van der Waals surface area contributed by atoms with E-state index in [1.165, 1.54) is 0 Å². The lowest BCUT2D eigenvalue weighted by Gasteiger charge is -2.14.